The lowest BCUT2D eigenvalue weighted by atomic mass is 10.1. The number of benzene rings is 2. The second-order valence-electron chi connectivity index (χ2n) is 4.35. The molecule has 1 heterocycles. The molecule has 0 fully saturated rings. The molecule has 0 spiro atoms. The van der Waals surface area contributed by atoms with Crippen LogP contribution in [-0.2, 0) is 6.54 Å². The highest BCUT2D eigenvalue weighted by molar-refractivity contribution is 9.11. The Hall–Kier alpha value is -1.26. The van der Waals surface area contributed by atoms with Crippen molar-refractivity contribution in [1.82, 2.24) is 4.98 Å². The maximum absolute atomic E-state index is 3.56. The standard InChI is InChI=1S/C15H12Br2N2/c16-12-2-1-3-13(17)15(12)19-9-10-4-5-11-6-7-18-14(11)8-10/h1-8,18-19H,9H2. The minimum absolute atomic E-state index is 0.788. The van der Waals surface area contributed by atoms with Gasteiger partial charge in [-0.1, -0.05) is 18.2 Å². The Morgan fingerprint density at radius 2 is 1.79 bits per heavy atom. The first-order valence-electron chi connectivity index (χ1n) is 5.98. The summed E-state index contributed by atoms with van der Waals surface area (Å²) in [4.78, 5) is 3.23. The van der Waals surface area contributed by atoms with Crippen LogP contribution in [0.25, 0.3) is 10.9 Å². The minimum atomic E-state index is 0.788. The Labute approximate surface area is 128 Å². The maximum Gasteiger partial charge on any atom is 0.0631 e. The van der Waals surface area contributed by atoms with Gasteiger partial charge in [-0.3, -0.25) is 0 Å². The second kappa shape index (κ2) is 5.39. The summed E-state index contributed by atoms with van der Waals surface area (Å²) in [6, 6.07) is 14.6. The number of halogens is 2. The second-order valence-corrected chi connectivity index (χ2v) is 6.06. The summed E-state index contributed by atoms with van der Waals surface area (Å²) in [5.41, 5.74) is 3.50. The fraction of sp³-hybridized carbons (Fsp3) is 0.0667. The van der Waals surface area contributed by atoms with Crippen molar-refractivity contribution in [3.05, 3.63) is 63.2 Å². The monoisotopic (exact) mass is 378 g/mol. The van der Waals surface area contributed by atoms with Gasteiger partial charge >= 0.3 is 0 Å². The van der Waals surface area contributed by atoms with Crippen molar-refractivity contribution >= 4 is 48.5 Å². The van der Waals surface area contributed by atoms with Crippen LogP contribution in [0.1, 0.15) is 5.56 Å². The summed E-state index contributed by atoms with van der Waals surface area (Å²) in [5.74, 6) is 0. The van der Waals surface area contributed by atoms with Crippen molar-refractivity contribution in [2.45, 2.75) is 6.54 Å². The van der Waals surface area contributed by atoms with Crippen LogP contribution < -0.4 is 5.32 Å². The summed E-state index contributed by atoms with van der Waals surface area (Å²) in [5, 5.41) is 4.69. The summed E-state index contributed by atoms with van der Waals surface area (Å²) in [6.07, 6.45) is 1.96. The van der Waals surface area contributed by atoms with E-state index in [0.717, 1.165) is 21.2 Å². The van der Waals surface area contributed by atoms with Gasteiger partial charge in [0.15, 0.2) is 0 Å². The zero-order valence-electron chi connectivity index (χ0n) is 10.1. The van der Waals surface area contributed by atoms with Gasteiger partial charge in [-0.15, -0.1) is 0 Å². The first kappa shape index (κ1) is 12.8. The van der Waals surface area contributed by atoms with Crippen LogP contribution in [0, 0.1) is 0 Å². The average molecular weight is 380 g/mol. The van der Waals surface area contributed by atoms with Crippen molar-refractivity contribution in [3.8, 4) is 0 Å². The average Bonchev–Trinajstić information content (AvgIpc) is 2.85. The Balaban J connectivity index is 1.82. The molecule has 2 N–H and O–H groups in total. The number of hydrogen-bond donors (Lipinski definition) is 2. The Bertz CT molecular complexity index is 699. The van der Waals surface area contributed by atoms with Crippen molar-refractivity contribution in [2.24, 2.45) is 0 Å². The van der Waals surface area contributed by atoms with Crippen LogP contribution in [0.4, 0.5) is 5.69 Å². The quantitative estimate of drug-likeness (QED) is 0.634. The zero-order chi connectivity index (χ0) is 13.2. The number of anilines is 1. The molecule has 0 aliphatic carbocycles. The molecule has 96 valence electrons. The molecule has 0 aliphatic rings. The minimum Gasteiger partial charge on any atom is -0.379 e. The van der Waals surface area contributed by atoms with Crippen molar-refractivity contribution < 1.29 is 0 Å². The van der Waals surface area contributed by atoms with Gasteiger partial charge in [-0.05, 0) is 67.1 Å². The van der Waals surface area contributed by atoms with E-state index in [9.17, 15) is 0 Å². The number of para-hydroxylation sites is 1. The van der Waals surface area contributed by atoms with Crippen LogP contribution in [-0.4, -0.2) is 4.98 Å². The fourth-order valence-electron chi connectivity index (χ4n) is 2.06. The maximum atomic E-state index is 3.56. The first-order chi connectivity index (χ1) is 9.24. The molecule has 0 unspecified atom stereocenters. The van der Waals surface area contributed by atoms with E-state index in [0.29, 0.717) is 0 Å². The number of H-pyrrole nitrogens is 1. The van der Waals surface area contributed by atoms with E-state index in [4.69, 9.17) is 0 Å². The highest BCUT2D eigenvalue weighted by Gasteiger charge is 2.04. The summed E-state index contributed by atoms with van der Waals surface area (Å²) in [6.45, 7) is 0.788. The largest absolute Gasteiger partial charge is 0.379 e. The van der Waals surface area contributed by atoms with Crippen molar-refractivity contribution in [3.63, 3.8) is 0 Å². The smallest absolute Gasteiger partial charge is 0.0631 e. The predicted octanol–water partition coefficient (Wildman–Crippen LogP) is 5.31. The van der Waals surface area contributed by atoms with Gasteiger partial charge in [-0.2, -0.15) is 0 Å². The molecule has 1 aromatic heterocycles. The van der Waals surface area contributed by atoms with Crippen LogP contribution in [0.5, 0.6) is 0 Å². The van der Waals surface area contributed by atoms with Gasteiger partial charge in [0.05, 0.1) is 5.69 Å². The molecule has 2 nitrogen and oxygen atoms in total. The highest BCUT2D eigenvalue weighted by Crippen LogP contribution is 2.31. The van der Waals surface area contributed by atoms with Crippen molar-refractivity contribution in [2.75, 3.05) is 5.32 Å². The number of fused-ring (bicyclic) bond motifs is 1. The van der Waals surface area contributed by atoms with Gasteiger partial charge in [-0.25, -0.2) is 0 Å². The molecular formula is C15H12Br2N2. The van der Waals surface area contributed by atoms with Crippen LogP contribution in [0.15, 0.2) is 57.6 Å². The zero-order valence-corrected chi connectivity index (χ0v) is 13.3. The molecule has 2 aromatic carbocycles. The van der Waals surface area contributed by atoms with Gasteiger partial charge in [0, 0.05) is 27.2 Å². The Kier molecular flexibility index (Phi) is 3.62. The van der Waals surface area contributed by atoms with E-state index >= 15 is 0 Å². The molecule has 0 saturated carbocycles. The SMILES string of the molecule is Brc1cccc(Br)c1NCc1ccc2cc[nH]c2c1. The number of nitrogens with one attached hydrogen (secondary N) is 2. The van der Waals surface area contributed by atoms with E-state index in [1.54, 1.807) is 0 Å². The number of hydrogen-bond acceptors (Lipinski definition) is 1. The topological polar surface area (TPSA) is 27.8 Å². The lowest BCUT2D eigenvalue weighted by Crippen LogP contribution is -2.00. The molecule has 0 bridgehead atoms. The number of aromatic nitrogens is 1. The van der Waals surface area contributed by atoms with E-state index in [1.165, 1.54) is 16.5 Å². The summed E-state index contributed by atoms with van der Waals surface area (Å²) >= 11 is 7.11. The third-order valence-corrected chi connectivity index (χ3v) is 4.37. The molecule has 3 rings (SSSR count). The molecule has 0 amide bonds. The Morgan fingerprint density at radius 1 is 1.00 bits per heavy atom. The number of aromatic amines is 1. The summed E-state index contributed by atoms with van der Waals surface area (Å²) in [7, 11) is 0. The highest BCUT2D eigenvalue weighted by atomic mass is 79.9. The van der Waals surface area contributed by atoms with Gasteiger partial charge in [0.1, 0.15) is 0 Å². The molecule has 0 radical (unpaired) electrons. The van der Waals surface area contributed by atoms with Crippen LogP contribution in [0.3, 0.4) is 0 Å². The molecule has 19 heavy (non-hydrogen) atoms. The number of rotatable bonds is 3. The van der Waals surface area contributed by atoms with E-state index < -0.39 is 0 Å². The Morgan fingerprint density at radius 3 is 2.58 bits per heavy atom. The fourth-order valence-corrected chi connectivity index (χ4v) is 3.34. The van der Waals surface area contributed by atoms with Gasteiger partial charge in [0.2, 0.25) is 0 Å². The van der Waals surface area contributed by atoms with Crippen LogP contribution >= 0.6 is 31.9 Å². The van der Waals surface area contributed by atoms with Crippen LogP contribution in [0.2, 0.25) is 0 Å². The van der Waals surface area contributed by atoms with Gasteiger partial charge < -0.3 is 10.3 Å². The van der Waals surface area contributed by atoms with Crippen molar-refractivity contribution in [1.29, 1.82) is 0 Å². The van der Waals surface area contributed by atoms with E-state index in [2.05, 4.69) is 66.4 Å². The molecule has 0 atom stereocenters. The third kappa shape index (κ3) is 2.69. The van der Waals surface area contributed by atoms with E-state index in [-0.39, 0.29) is 0 Å². The molecule has 0 aliphatic heterocycles. The predicted molar refractivity (Wildman–Crippen MR) is 87.5 cm³/mol. The van der Waals surface area contributed by atoms with E-state index in [1.807, 2.05) is 24.4 Å². The first-order valence-corrected chi connectivity index (χ1v) is 7.56. The third-order valence-electron chi connectivity index (χ3n) is 3.05. The normalized spacial score (nSPS) is 10.8. The lowest BCUT2D eigenvalue weighted by molar-refractivity contribution is 1.15. The lowest BCUT2D eigenvalue weighted by Gasteiger charge is -2.10. The molecule has 4 heteroatoms. The molecule has 3 aromatic rings. The molecular weight excluding hydrogens is 368 g/mol. The molecule has 0 saturated heterocycles. The van der Waals surface area contributed by atoms with Gasteiger partial charge in [0.25, 0.3) is 0 Å². The summed E-state index contributed by atoms with van der Waals surface area (Å²) < 4.78 is 2.12.